The van der Waals surface area contributed by atoms with Crippen molar-refractivity contribution in [2.24, 2.45) is 4.99 Å². The Hall–Kier alpha value is -2.59. The van der Waals surface area contributed by atoms with E-state index in [0.29, 0.717) is 5.22 Å². The number of rotatable bonds is 0. The lowest BCUT2D eigenvalue weighted by Crippen LogP contribution is -2.28. The number of hydrogen-bond acceptors (Lipinski definition) is 4. The molecule has 0 amide bonds. The first kappa shape index (κ1) is 10.6. The normalized spacial score (nSPS) is 19.2. The molecule has 0 N–H and O–H groups in total. The van der Waals surface area contributed by atoms with Crippen LogP contribution in [0.3, 0.4) is 0 Å². The van der Waals surface area contributed by atoms with Gasteiger partial charge in [0.25, 0.3) is 0 Å². The highest BCUT2D eigenvalue weighted by atomic mass is 15.3. The maximum Gasteiger partial charge on any atom is 0.136 e. The molecule has 2 aliphatic heterocycles. The summed E-state index contributed by atoms with van der Waals surface area (Å²) in [6.45, 7) is 0. The fourth-order valence-corrected chi connectivity index (χ4v) is 2.35. The summed E-state index contributed by atoms with van der Waals surface area (Å²) in [6, 6.07) is 9.38. The summed E-state index contributed by atoms with van der Waals surface area (Å²) >= 11 is 0. The van der Waals surface area contributed by atoms with Crippen molar-refractivity contribution in [2.75, 3.05) is 4.90 Å². The van der Waals surface area contributed by atoms with Crippen molar-refractivity contribution >= 4 is 11.3 Å². The zero-order valence-electron chi connectivity index (χ0n) is 9.67. The fraction of sp³-hybridized carbons (Fsp3) is 0.214. The van der Waals surface area contributed by atoms with Crippen molar-refractivity contribution in [1.29, 1.82) is 10.5 Å². The summed E-state index contributed by atoms with van der Waals surface area (Å²) in [5.74, 6) is 0. The number of fused-ring (bicyclic) bond motifs is 3. The minimum atomic E-state index is 0.141. The molecule has 0 spiro atoms. The number of hydrogen-bond donors (Lipinski definition) is 0. The average Bonchev–Trinajstić information content (AvgIpc) is 2.78. The predicted molar refractivity (Wildman–Crippen MR) is 66.5 cm³/mol. The smallest absolute Gasteiger partial charge is 0.136 e. The molecular formula is C14H10N4. The number of nitrogens with zero attached hydrogens (tertiary/aromatic N) is 4. The molecule has 0 saturated carbocycles. The molecule has 1 aromatic rings. The van der Waals surface area contributed by atoms with Crippen molar-refractivity contribution in [2.45, 2.75) is 19.0 Å². The van der Waals surface area contributed by atoms with Crippen LogP contribution in [0.2, 0.25) is 0 Å². The van der Waals surface area contributed by atoms with Crippen LogP contribution in [0, 0.1) is 22.7 Å². The van der Waals surface area contributed by atoms with Gasteiger partial charge in [0, 0.05) is 11.4 Å². The predicted octanol–water partition coefficient (Wildman–Crippen LogP) is 0.958. The van der Waals surface area contributed by atoms with Crippen molar-refractivity contribution in [3.05, 3.63) is 41.1 Å². The van der Waals surface area contributed by atoms with E-state index in [-0.39, 0.29) is 11.7 Å². The summed E-state index contributed by atoms with van der Waals surface area (Å²) in [7, 11) is 0. The molecule has 86 valence electrons. The second kappa shape index (κ2) is 4.01. The summed E-state index contributed by atoms with van der Waals surface area (Å²) in [5.41, 5.74) is 1.12. The highest BCUT2D eigenvalue weighted by molar-refractivity contribution is 5.73. The Kier molecular flexibility index (Phi) is 2.35. The molecule has 0 radical (unpaired) electrons. The topological polar surface area (TPSA) is 63.2 Å². The van der Waals surface area contributed by atoms with E-state index in [1.807, 2.05) is 30.5 Å². The summed E-state index contributed by atoms with van der Waals surface area (Å²) in [6.07, 6.45) is 6.37. The van der Waals surface area contributed by atoms with E-state index in [0.717, 1.165) is 23.9 Å². The standard InChI is InChI=1S/C14H10N4/c15-8-11(9-16)10-4-5-12-13(7-10)18-6-2-1-3-14(18)17-12/h2,4-7,14H,1,3H2. The number of allylic oxidation sites excluding steroid dienone is 1. The Morgan fingerprint density at radius 1 is 1.33 bits per heavy atom. The molecule has 1 unspecified atom stereocenters. The molecular weight excluding hydrogens is 224 g/mol. The molecule has 0 aromatic heterocycles. The Balaban J connectivity index is 2.22. The Morgan fingerprint density at radius 2 is 2.17 bits per heavy atom. The SMILES string of the molecule is N#CC(C#N)=c1ccc2c(c1)N1C=CCCC1N=2. The molecule has 4 nitrogen and oxygen atoms in total. The van der Waals surface area contributed by atoms with Crippen molar-refractivity contribution in [1.82, 2.24) is 0 Å². The Labute approximate surface area is 104 Å². The Morgan fingerprint density at radius 3 is 2.94 bits per heavy atom. The summed E-state index contributed by atoms with van der Waals surface area (Å²) < 4.78 is 0. The van der Waals surface area contributed by atoms with Crippen molar-refractivity contribution in [3.8, 4) is 12.1 Å². The van der Waals surface area contributed by atoms with Crippen LogP contribution in [0.5, 0.6) is 0 Å². The van der Waals surface area contributed by atoms with Gasteiger partial charge in [-0.25, -0.2) is 0 Å². The third kappa shape index (κ3) is 1.48. The van der Waals surface area contributed by atoms with Crippen LogP contribution in [-0.2, 0) is 0 Å². The molecule has 0 aliphatic carbocycles. The molecule has 0 saturated heterocycles. The fourth-order valence-electron chi connectivity index (χ4n) is 2.35. The van der Waals surface area contributed by atoms with Crippen LogP contribution in [0.25, 0.3) is 5.57 Å². The molecule has 2 heterocycles. The zero-order chi connectivity index (χ0) is 12.5. The summed E-state index contributed by atoms with van der Waals surface area (Å²) in [4.78, 5) is 6.73. The first-order valence-electron chi connectivity index (χ1n) is 5.81. The second-order valence-corrected chi connectivity index (χ2v) is 4.28. The van der Waals surface area contributed by atoms with Gasteiger partial charge in [-0.3, -0.25) is 4.99 Å². The first-order valence-corrected chi connectivity index (χ1v) is 5.81. The molecule has 1 aromatic carbocycles. The van der Waals surface area contributed by atoms with Crippen molar-refractivity contribution < 1.29 is 0 Å². The lowest BCUT2D eigenvalue weighted by molar-refractivity contribution is 0.616. The molecule has 1 atom stereocenters. The van der Waals surface area contributed by atoms with Gasteiger partial charge in [-0.15, -0.1) is 0 Å². The minimum absolute atomic E-state index is 0.141. The molecule has 0 bridgehead atoms. The average molecular weight is 234 g/mol. The molecule has 4 heteroatoms. The van der Waals surface area contributed by atoms with Crippen LogP contribution >= 0.6 is 0 Å². The maximum atomic E-state index is 8.90. The second-order valence-electron chi connectivity index (χ2n) is 4.28. The van der Waals surface area contributed by atoms with E-state index in [4.69, 9.17) is 10.5 Å². The number of anilines is 1. The van der Waals surface area contributed by atoms with Gasteiger partial charge < -0.3 is 4.90 Å². The maximum absolute atomic E-state index is 8.90. The van der Waals surface area contributed by atoms with Crippen LogP contribution < -0.4 is 15.5 Å². The van der Waals surface area contributed by atoms with Gasteiger partial charge in [-0.05, 0) is 25.0 Å². The van der Waals surface area contributed by atoms with Gasteiger partial charge in [0.15, 0.2) is 0 Å². The van der Waals surface area contributed by atoms with E-state index in [9.17, 15) is 0 Å². The van der Waals surface area contributed by atoms with Gasteiger partial charge in [-0.1, -0.05) is 12.1 Å². The lowest BCUT2D eigenvalue weighted by Gasteiger charge is -2.25. The van der Waals surface area contributed by atoms with Crippen LogP contribution in [0.4, 0.5) is 5.69 Å². The van der Waals surface area contributed by atoms with E-state index in [1.54, 1.807) is 6.07 Å². The highest BCUT2D eigenvalue weighted by Crippen LogP contribution is 2.24. The van der Waals surface area contributed by atoms with E-state index in [2.05, 4.69) is 16.0 Å². The number of benzene rings is 1. The molecule has 2 aliphatic rings. The van der Waals surface area contributed by atoms with Gasteiger partial charge in [0.1, 0.15) is 23.9 Å². The van der Waals surface area contributed by atoms with E-state index < -0.39 is 0 Å². The van der Waals surface area contributed by atoms with Crippen LogP contribution in [-0.4, -0.2) is 6.17 Å². The quantitative estimate of drug-likeness (QED) is 0.671. The van der Waals surface area contributed by atoms with Crippen LogP contribution in [0.15, 0.2) is 35.5 Å². The Bertz CT molecular complexity index is 715. The monoisotopic (exact) mass is 234 g/mol. The number of nitriles is 2. The first-order chi connectivity index (χ1) is 8.83. The van der Waals surface area contributed by atoms with E-state index >= 15 is 0 Å². The molecule has 0 fully saturated rings. The minimum Gasteiger partial charge on any atom is -0.324 e. The third-order valence-electron chi connectivity index (χ3n) is 3.23. The van der Waals surface area contributed by atoms with E-state index in [1.165, 1.54) is 0 Å². The molecule has 3 rings (SSSR count). The van der Waals surface area contributed by atoms with Crippen molar-refractivity contribution in [3.63, 3.8) is 0 Å². The van der Waals surface area contributed by atoms with Gasteiger partial charge in [-0.2, -0.15) is 10.5 Å². The molecule has 18 heavy (non-hydrogen) atoms. The third-order valence-corrected chi connectivity index (χ3v) is 3.23. The van der Waals surface area contributed by atoms with Crippen LogP contribution in [0.1, 0.15) is 12.8 Å². The summed E-state index contributed by atoms with van der Waals surface area (Å²) in [5, 5.41) is 19.4. The lowest BCUT2D eigenvalue weighted by atomic mass is 10.1. The zero-order valence-corrected chi connectivity index (χ0v) is 9.67. The largest absolute Gasteiger partial charge is 0.324 e. The highest BCUT2D eigenvalue weighted by Gasteiger charge is 2.24. The van der Waals surface area contributed by atoms with Gasteiger partial charge >= 0.3 is 0 Å². The van der Waals surface area contributed by atoms with Gasteiger partial charge in [0.2, 0.25) is 0 Å². The van der Waals surface area contributed by atoms with Gasteiger partial charge in [0.05, 0.1) is 11.0 Å².